The van der Waals surface area contributed by atoms with Gasteiger partial charge in [0.05, 0.1) is 5.56 Å². The zero-order valence-corrected chi connectivity index (χ0v) is 14.3. The van der Waals surface area contributed by atoms with Crippen molar-refractivity contribution in [1.29, 1.82) is 0 Å². The SMILES string of the molecule is CC(C)(C)N1CCC(NC(=O)c2ccc(Br)cc2F)CC1. The second-order valence-corrected chi connectivity index (χ2v) is 7.45. The number of piperidine rings is 1. The molecule has 1 aromatic rings. The second kappa shape index (κ2) is 6.44. The van der Waals surface area contributed by atoms with Gasteiger partial charge in [0.15, 0.2) is 0 Å². The first-order valence-electron chi connectivity index (χ1n) is 7.28. The number of carbonyl (C=O) groups is 1. The fourth-order valence-corrected chi connectivity index (χ4v) is 2.96. The number of carbonyl (C=O) groups excluding carboxylic acids is 1. The molecule has 0 spiro atoms. The van der Waals surface area contributed by atoms with Gasteiger partial charge in [-0.1, -0.05) is 15.9 Å². The Bertz CT molecular complexity index is 519. The van der Waals surface area contributed by atoms with Crippen LogP contribution in [0.15, 0.2) is 22.7 Å². The standard InChI is InChI=1S/C16H22BrFN2O/c1-16(2,3)20-8-6-12(7-9-20)19-15(21)13-5-4-11(17)10-14(13)18/h4-5,10,12H,6-9H2,1-3H3,(H,19,21). The highest BCUT2D eigenvalue weighted by atomic mass is 79.9. The Balaban J connectivity index is 1.93. The summed E-state index contributed by atoms with van der Waals surface area (Å²) >= 11 is 3.19. The fraction of sp³-hybridized carbons (Fsp3) is 0.562. The molecule has 1 fully saturated rings. The van der Waals surface area contributed by atoms with Gasteiger partial charge in [0.2, 0.25) is 0 Å². The summed E-state index contributed by atoms with van der Waals surface area (Å²) in [5, 5.41) is 2.95. The van der Waals surface area contributed by atoms with Crippen molar-refractivity contribution in [3.63, 3.8) is 0 Å². The third kappa shape index (κ3) is 4.27. The zero-order chi connectivity index (χ0) is 15.6. The van der Waals surface area contributed by atoms with E-state index in [0.717, 1.165) is 25.9 Å². The first-order chi connectivity index (χ1) is 9.77. The number of benzene rings is 1. The fourth-order valence-electron chi connectivity index (χ4n) is 2.63. The number of hydrogen-bond acceptors (Lipinski definition) is 2. The Morgan fingerprint density at radius 3 is 2.48 bits per heavy atom. The van der Waals surface area contributed by atoms with Crippen LogP contribution in [0.25, 0.3) is 0 Å². The van der Waals surface area contributed by atoms with Gasteiger partial charge in [0, 0.05) is 29.1 Å². The van der Waals surface area contributed by atoms with Crippen molar-refractivity contribution in [3.8, 4) is 0 Å². The molecule has 0 unspecified atom stereocenters. The number of halogens is 2. The molecule has 1 aliphatic heterocycles. The van der Waals surface area contributed by atoms with Gasteiger partial charge in [-0.05, 0) is 51.8 Å². The van der Waals surface area contributed by atoms with Crippen molar-refractivity contribution < 1.29 is 9.18 Å². The van der Waals surface area contributed by atoms with E-state index in [4.69, 9.17) is 0 Å². The minimum absolute atomic E-state index is 0.108. The summed E-state index contributed by atoms with van der Waals surface area (Å²) < 4.78 is 14.4. The Kier molecular flexibility index (Phi) is 5.04. The van der Waals surface area contributed by atoms with Crippen LogP contribution in [0.5, 0.6) is 0 Å². The lowest BCUT2D eigenvalue weighted by molar-refractivity contribution is 0.0810. The molecule has 5 heteroatoms. The number of nitrogens with one attached hydrogen (secondary N) is 1. The van der Waals surface area contributed by atoms with E-state index in [2.05, 4.69) is 46.9 Å². The number of rotatable bonds is 2. The Morgan fingerprint density at radius 2 is 1.95 bits per heavy atom. The molecule has 21 heavy (non-hydrogen) atoms. The molecule has 1 N–H and O–H groups in total. The average Bonchev–Trinajstić information content (AvgIpc) is 2.38. The molecule has 0 atom stereocenters. The van der Waals surface area contributed by atoms with Gasteiger partial charge >= 0.3 is 0 Å². The molecule has 0 aromatic heterocycles. The average molecular weight is 357 g/mol. The Labute approximate surface area is 134 Å². The van der Waals surface area contributed by atoms with Gasteiger partial charge in [-0.25, -0.2) is 4.39 Å². The highest BCUT2D eigenvalue weighted by Crippen LogP contribution is 2.21. The molecular formula is C16H22BrFN2O. The zero-order valence-electron chi connectivity index (χ0n) is 12.7. The highest BCUT2D eigenvalue weighted by molar-refractivity contribution is 9.10. The molecule has 0 saturated carbocycles. The van der Waals surface area contributed by atoms with E-state index in [1.165, 1.54) is 12.1 Å². The monoisotopic (exact) mass is 356 g/mol. The third-order valence-electron chi connectivity index (χ3n) is 3.95. The third-order valence-corrected chi connectivity index (χ3v) is 4.45. The van der Waals surface area contributed by atoms with Crippen molar-refractivity contribution >= 4 is 21.8 Å². The predicted molar refractivity (Wildman–Crippen MR) is 85.9 cm³/mol. The Hall–Kier alpha value is -0.940. The quantitative estimate of drug-likeness (QED) is 0.878. The summed E-state index contributed by atoms with van der Waals surface area (Å²) in [6.07, 6.45) is 1.81. The minimum Gasteiger partial charge on any atom is -0.349 e. The van der Waals surface area contributed by atoms with E-state index in [-0.39, 0.29) is 23.1 Å². The molecule has 1 saturated heterocycles. The number of nitrogens with zero attached hydrogens (tertiary/aromatic N) is 1. The van der Waals surface area contributed by atoms with Crippen LogP contribution in [0.2, 0.25) is 0 Å². The van der Waals surface area contributed by atoms with E-state index >= 15 is 0 Å². The molecule has 1 aromatic carbocycles. The van der Waals surface area contributed by atoms with Gasteiger partial charge in [-0.2, -0.15) is 0 Å². The van der Waals surface area contributed by atoms with E-state index in [0.29, 0.717) is 4.47 Å². The van der Waals surface area contributed by atoms with Crippen molar-refractivity contribution in [2.24, 2.45) is 0 Å². The van der Waals surface area contributed by atoms with E-state index in [1.807, 2.05) is 0 Å². The lowest BCUT2D eigenvalue weighted by Crippen LogP contribution is -2.50. The molecule has 1 aliphatic rings. The van der Waals surface area contributed by atoms with Crippen molar-refractivity contribution in [2.75, 3.05) is 13.1 Å². The van der Waals surface area contributed by atoms with Crippen LogP contribution in [-0.2, 0) is 0 Å². The first kappa shape index (κ1) is 16.4. The van der Waals surface area contributed by atoms with Crippen LogP contribution in [0, 0.1) is 5.82 Å². The molecule has 1 heterocycles. The first-order valence-corrected chi connectivity index (χ1v) is 8.07. The number of amides is 1. The summed E-state index contributed by atoms with van der Waals surface area (Å²) in [6, 6.07) is 4.63. The lowest BCUT2D eigenvalue weighted by atomic mass is 9.98. The van der Waals surface area contributed by atoms with Crippen molar-refractivity contribution in [3.05, 3.63) is 34.1 Å². The van der Waals surface area contributed by atoms with Gasteiger partial charge in [0.1, 0.15) is 5.82 Å². The van der Waals surface area contributed by atoms with Crippen molar-refractivity contribution in [2.45, 2.75) is 45.2 Å². The van der Waals surface area contributed by atoms with Gasteiger partial charge in [-0.15, -0.1) is 0 Å². The lowest BCUT2D eigenvalue weighted by Gasteiger charge is -2.41. The molecule has 2 rings (SSSR count). The van der Waals surface area contributed by atoms with E-state index in [9.17, 15) is 9.18 Å². The predicted octanol–water partition coefficient (Wildman–Crippen LogP) is 3.58. The van der Waals surface area contributed by atoms with Crippen LogP contribution >= 0.6 is 15.9 Å². The van der Waals surface area contributed by atoms with Crippen LogP contribution in [0.1, 0.15) is 44.0 Å². The van der Waals surface area contributed by atoms with Crippen LogP contribution in [0.4, 0.5) is 4.39 Å². The maximum absolute atomic E-state index is 13.8. The maximum atomic E-state index is 13.8. The number of hydrogen-bond donors (Lipinski definition) is 1. The molecule has 0 radical (unpaired) electrons. The molecule has 0 aliphatic carbocycles. The van der Waals surface area contributed by atoms with Crippen molar-refractivity contribution in [1.82, 2.24) is 10.2 Å². The molecule has 116 valence electrons. The summed E-state index contributed by atoms with van der Waals surface area (Å²) in [5.74, 6) is -0.816. The molecule has 0 bridgehead atoms. The van der Waals surface area contributed by atoms with Crippen LogP contribution < -0.4 is 5.32 Å². The largest absolute Gasteiger partial charge is 0.349 e. The number of likely N-dealkylation sites (tertiary alicyclic amines) is 1. The smallest absolute Gasteiger partial charge is 0.254 e. The van der Waals surface area contributed by atoms with E-state index < -0.39 is 5.82 Å². The summed E-state index contributed by atoms with van der Waals surface area (Å²) in [7, 11) is 0. The minimum atomic E-state index is -0.492. The maximum Gasteiger partial charge on any atom is 0.254 e. The molecular weight excluding hydrogens is 335 g/mol. The van der Waals surface area contributed by atoms with Crippen LogP contribution in [-0.4, -0.2) is 35.5 Å². The summed E-state index contributed by atoms with van der Waals surface area (Å²) in [5.41, 5.74) is 0.267. The molecule has 1 amide bonds. The van der Waals surface area contributed by atoms with E-state index in [1.54, 1.807) is 6.07 Å². The van der Waals surface area contributed by atoms with Gasteiger partial charge in [0.25, 0.3) is 5.91 Å². The Morgan fingerprint density at radius 1 is 1.33 bits per heavy atom. The van der Waals surface area contributed by atoms with Crippen LogP contribution in [0.3, 0.4) is 0 Å². The topological polar surface area (TPSA) is 32.3 Å². The molecule has 3 nitrogen and oxygen atoms in total. The second-order valence-electron chi connectivity index (χ2n) is 6.53. The normalized spacial score (nSPS) is 17.8. The summed E-state index contributed by atoms with van der Waals surface area (Å²) in [6.45, 7) is 8.50. The van der Waals surface area contributed by atoms with Gasteiger partial charge < -0.3 is 5.32 Å². The highest BCUT2D eigenvalue weighted by Gasteiger charge is 2.28. The van der Waals surface area contributed by atoms with Gasteiger partial charge in [-0.3, -0.25) is 9.69 Å². The summed E-state index contributed by atoms with van der Waals surface area (Å²) in [4.78, 5) is 14.6.